The summed E-state index contributed by atoms with van der Waals surface area (Å²) in [6, 6.07) is 97.0. The Labute approximate surface area is 523 Å². The second-order valence-electron chi connectivity index (χ2n) is 28.2. The van der Waals surface area contributed by atoms with Crippen LogP contribution in [0.25, 0.3) is 154 Å². The maximum absolute atomic E-state index is 2.68. The summed E-state index contributed by atoms with van der Waals surface area (Å²) in [4.78, 5) is 0. The predicted molar refractivity (Wildman–Crippen MR) is 381 cm³/mol. The van der Waals surface area contributed by atoms with E-state index in [2.05, 4.69) is 299 Å². The molecule has 2 nitrogen and oxygen atoms in total. The first-order chi connectivity index (χ1) is 43.9. The molecular formula is C87H59BN2. The zero-order valence-corrected chi connectivity index (χ0v) is 51.1. The van der Waals surface area contributed by atoms with Crippen LogP contribution in [0.1, 0.15) is 74.9 Å². The van der Waals surface area contributed by atoms with Gasteiger partial charge in [0.05, 0.1) is 11.0 Å². The minimum Gasteiger partial charge on any atom is -0.310 e. The number of rotatable bonds is 3. The summed E-state index contributed by atoms with van der Waals surface area (Å²) in [6.07, 6.45) is 0. The molecule has 3 aliphatic carbocycles. The van der Waals surface area contributed by atoms with Gasteiger partial charge in [0.2, 0.25) is 0 Å². The molecule has 21 rings (SSSR count). The van der Waals surface area contributed by atoms with Crippen LogP contribution in [0.2, 0.25) is 0 Å². The number of aromatic nitrogens is 2. The SMILES string of the molecule is CC1(C)c2ccccc2-c2ccc(-c3ccc4c(c3)c3cc(-c5ccc6c(c5)C(C)(C)c5ccccc5-6)cc5c3n4-c3cccc4c3B5c3cc(-c5ccc6c(c5)C(C)(C)c5ccccc5-6)cc5c6c7c8ccccc8c8ccccc8c7ccc6n-4c35)cc21. The number of benzene rings is 14. The molecule has 16 aromatic rings. The van der Waals surface area contributed by atoms with Crippen LogP contribution in [-0.2, 0) is 16.2 Å². The van der Waals surface area contributed by atoms with Gasteiger partial charge in [-0.2, -0.15) is 0 Å². The standard InChI is InChI=1S/C87H59BN2/c1-85(2)68-25-14-11-21-57(68)60-34-30-49(43-71(60)85)48-33-38-76-65(40-48)66-41-52(50-31-35-61-58-22-12-15-26-69(58)86(3,4)72(61)44-50)46-74-83(66)89(76)78-28-17-29-79-82(78)88(74)75-47-53(51-32-36-62-59-23-13-16-27-70(59)87(5,6)73(62)45-51)42-67-81-77(90(79)84(67)75)39-37-64-56-20-8-7-18-54(56)55-19-9-10-24-63(55)80(64)81/h7-47H,1-6H3. The van der Waals surface area contributed by atoms with Gasteiger partial charge in [-0.3, -0.25) is 0 Å². The van der Waals surface area contributed by atoms with Crippen molar-refractivity contribution >= 4 is 99.0 Å². The predicted octanol–water partition coefficient (Wildman–Crippen LogP) is 20.4. The Kier molecular flexibility index (Phi) is 9.14. The summed E-state index contributed by atoms with van der Waals surface area (Å²) in [7, 11) is 0. The van der Waals surface area contributed by atoms with Crippen molar-refractivity contribution in [3.63, 3.8) is 0 Å². The van der Waals surface area contributed by atoms with Gasteiger partial charge in [0, 0.05) is 65.6 Å². The Morgan fingerprint density at radius 3 is 1.17 bits per heavy atom. The molecule has 0 N–H and O–H groups in total. The first-order valence-electron chi connectivity index (χ1n) is 32.3. The van der Waals surface area contributed by atoms with Crippen LogP contribution >= 0.6 is 0 Å². The Balaban J connectivity index is 0.878. The van der Waals surface area contributed by atoms with Gasteiger partial charge in [-0.25, -0.2) is 0 Å². The van der Waals surface area contributed by atoms with Gasteiger partial charge in [-0.15, -0.1) is 0 Å². The second-order valence-corrected chi connectivity index (χ2v) is 28.2. The highest BCUT2D eigenvalue weighted by Crippen LogP contribution is 2.54. The van der Waals surface area contributed by atoms with Crippen molar-refractivity contribution in [3.05, 3.63) is 282 Å². The van der Waals surface area contributed by atoms with Crippen LogP contribution in [0.5, 0.6) is 0 Å². The molecule has 420 valence electrons. The van der Waals surface area contributed by atoms with Crippen molar-refractivity contribution in [2.45, 2.75) is 57.8 Å². The maximum atomic E-state index is 2.68. The number of hydrogen-bond donors (Lipinski definition) is 0. The number of nitrogens with zero attached hydrogens (tertiary/aromatic N) is 2. The van der Waals surface area contributed by atoms with Crippen molar-refractivity contribution in [2.24, 2.45) is 0 Å². The summed E-state index contributed by atoms with van der Waals surface area (Å²) < 4.78 is 5.33. The van der Waals surface area contributed by atoms with Gasteiger partial charge < -0.3 is 9.13 Å². The smallest absolute Gasteiger partial charge is 0.252 e. The van der Waals surface area contributed by atoms with Crippen molar-refractivity contribution in [2.75, 3.05) is 0 Å². The molecule has 0 spiro atoms. The average Bonchev–Trinajstić information content (AvgIpc) is 1.44. The van der Waals surface area contributed by atoms with Gasteiger partial charge >= 0.3 is 0 Å². The van der Waals surface area contributed by atoms with Crippen LogP contribution in [0.4, 0.5) is 0 Å². The highest BCUT2D eigenvalue weighted by atomic mass is 15.0. The zero-order chi connectivity index (χ0) is 59.6. The van der Waals surface area contributed by atoms with Gasteiger partial charge in [0.1, 0.15) is 0 Å². The first kappa shape index (κ1) is 49.5. The molecule has 2 aliphatic heterocycles. The van der Waals surface area contributed by atoms with Gasteiger partial charge in [0.25, 0.3) is 6.71 Å². The van der Waals surface area contributed by atoms with Crippen LogP contribution in [-0.4, -0.2) is 15.8 Å². The van der Waals surface area contributed by atoms with E-state index in [1.54, 1.807) is 0 Å². The molecule has 4 heterocycles. The molecule has 0 atom stereocenters. The Bertz CT molecular complexity index is 6040. The lowest BCUT2D eigenvalue weighted by atomic mass is 9.34. The topological polar surface area (TPSA) is 9.86 Å². The highest BCUT2D eigenvalue weighted by Gasteiger charge is 2.44. The fourth-order valence-corrected chi connectivity index (χ4v) is 18.7. The lowest BCUT2D eigenvalue weighted by molar-refractivity contribution is 0.660. The molecule has 14 aromatic carbocycles. The van der Waals surface area contributed by atoms with Crippen LogP contribution < -0.4 is 16.4 Å². The largest absolute Gasteiger partial charge is 0.310 e. The van der Waals surface area contributed by atoms with Gasteiger partial charge in [-0.1, -0.05) is 230 Å². The van der Waals surface area contributed by atoms with E-state index < -0.39 is 0 Å². The van der Waals surface area contributed by atoms with E-state index in [1.165, 1.54) is 204 Å². The fraction of sp³-hybridized carbons (Fsp3) is 0.103. The van der Waals surface area contributed by atoms with Crippen molar-refractivity contribution in [1.29, 1.82) is 0 Å². The molecule has 0 fully saturated rings. The third kappa shape index (κ3) is 5.98. The minimum absolute atomic E-state index is 0.0937. The molecule has 0 saturated heterocycles. The van der Waals surface area contributed by atoms with E-state index in [1.807, 2.05) is 0 Å². The normalized spacial score (nSPS) is 15.2. The molecule has 0 unspecified atom stereocenters. The summed E-state index contributed by atoms with van der Waals surface area (Å²) in [5.74, 6) is 0. The Hall–Kier alpha value is -10.5. The van der Waals surface area contributed by atoms with Gasteiger partial charge in [-0.05, 0) is 204 Å². The van der Waals surface area contributed by atoms with E-state index in [-0.39, 0.29) is 23.0 Å². The Morgan fingerprint density at radius 1 is 0.256 bits per heavy atom. The third-order valence-electron chi connectivity index (χ3n) is 22.9. The van der Waals surface area contributed by atoms with Crippen molar-refractivity contribution in [3.8, 4) is 78.1 Å². The molecule has 0 radical (unpaired) electrons. The summed E-state index contributed by atoms with van der Waals surface area (Å²) >= 11 is 0. The van der Waals surface area contributed by atoms with E-state index in [0.717, 1.165) is 0 Å². The lowest BCUT2D eigenvalue weighted by Crippen LogP contribution is -2.59. The van der Waals surface area contributed by atoms with Crippen molar-refractivity contribution in [1.82, 2.24) is 9.13 Å². The van der Waals surface area contributed by atoms with E-state index in [4.69, 9.17) is 0 Å². The maximum Gasteiger partial charge on any atom is 0.252 e. The van der Waals surface area contributed by atoms with Crippen molar-refractivity contribution < 1.29 is 0 Å². The third-order valence-corrected chi connectivity index (χ3v) is 22.9. The average molecular weight is 1140 g/mol. The molecule has 0 bridgehead atoms. The summed E-state index contributed by atoms with van der Waals surface area (Å²) in [5.41, 5.74) is 35.1. The molecular weight excluding hydrogens is 1080 g/mol. The summed E-state index contributed by atoms with van der Waals surface area (Å²) in [5, 5.41) is 12.9. The molecule has 5 aliphatic rings. The number of hydrogen-bond acceptors (Lipinski definition) is 0. The molecule has 90 heavy (non-hydrogen) atoms. The first-order valence-corrected chi connectivity index (χ1v) is 32.3. The molecule has 2 aromatic heterocycles. The zero-order valence-electron chi connectivity index (χ0n) is 51.1. The van der Waals surface area contributed by atoms with Crippen LogP contribution in [0, 0.1) is 0 Å². The molecule has 0 saturated carbocycles. The Morgan fingerprint density at radius 2 is 0.633 bits per heavy atom. The second kappa shape index (κ2) is 16.6. The number of fused-ring (bicyclic) bond motifs is 26. The van der Waals surface area contributed by atoms with E-state index in [9.17, 15) is 0 Å². The summed E-state index contributed by atoms with van der Waals surface area (Å²) in [6.45, 7) is 14.3. The minimum atomic E-state index is -0.151. The van der Waals surface area contributed by atoms with Gasteiger partial charge in [0.15, 0.2) is 0 Å². The fourth-order valence-electron chi connectivity index (χ4n) is 18.7. The van der Waals surface area contributed by atoms with E-state index in [0.29, 0.717) is 0 Å². The monoisotopic (exact) mass is 1140 g/mol. The van der Waals surface area contributed by atoms with E-state index >= 15 is 0 Å². The highest BCUT2D eigenvalue weighted by molar-refractivity contribution is 7.00. The quantitative estimate of drug-likeness (QED) is 0.123. The lowest BCUT2D eigenvalue weighted by Gasteiger charge is -2.34. The van der Waals surface area contributed by atoms with Crippen LogP contribution in [0.15, 0.2) is 249 Å². The molecule has 0 amide bonds. The van der Waals surface area contributed by atoms with Crippen LogP contribution in [0.3, 0.4) is 0 Å². The molecule has 3 heteroatoms.